The lowest BCUT2D eigenvalue weighted by molar-refractivity contribution is -0.111. The van der Waals surface area contributed by atoms with Crippen molar-refractivity contribution in [3.05, 3.63) is 29.8 Å². The minimum atomic E-state index is -3.63. The third-order valence-corrected chi connectivity index (χ3v) is 5.53. The number of allylic oxidation sites excluding steroid dienone is 1. The molecule has 0 bridgehead atoms. The zero-order valence-corrected chi connectivity index (χ0v) is 15.1. The molecule has 24 heavy (non-hydrogen) atoms. The highest BCUT2D eigenvalue weighted by molar-refractivity contribution is 7.89. The van der Waals surface area contributed by atoms with Crippen LogP contribution in [0.15, 0.2) is 34.7 Å². The van der Waals surface area contributed by atoms with Crippen LogP contribution < -0.4 is 10.1 Å². The number of sulfonamides is 1. The molecule has 132 valence electrons. The van der Waals surface area contributed by atoms with Crippen LogP contribution in [0, 0.1) is 0 Å². The molecule has 1 aromatic carbocycles. The van der Waals surface area contributed by atoms with Crippen LogP contribution in [-0.2, 0) is 14.8 Å². The van der Waals surface area contributed by atoms with Crippen molar-refractivity contribution in [2.24, 2.45) is 0 Å². The Bertz CT molecular complexity index is 731. The summed E-state index contributed by atoms with van der Waals surface area (Å²) in [6.45, 7) is 6.84. The summed E-state index contributed by atoms with van der Waals surface area (Å²) >= 11 is 0. The Hall–Kier alpha value is -1.86. The molecule has 1 aromatic rings. The van der Waals surface area contributed by atoms with E-state index in [0.29, 0.717) is 31.1 Å². The molecule has 0 aromatic heterocycles. The highest BCUT2D eigenvalue weighted by Gasteiger charge is 2.30. The lowest BCUT2D eigenvalue weighted by Gasteiger charge is -2.19. The molecule has 0 atom stereocenters. The Labute approximate surface area is 143 Å². The Morgan fingerprint density at radius 3 is 2.54 bits per heavy atom. The zero-order chi connectivity index (χ0) is 17.7. The number of rotatable bonds is 6. The van der Waals surface area contributed by atoms with Crippen LogP contribution in [0.1, 0.15) is 33.6 Å². The topological polar surface area (TPSA) is 75.7 Å². The van der Waals surface area contributed by atoms with E-state index in [4.69, 9.17) is 4.74 Å². The number of hydrogen-bond donors (Lipinski definition) is 1. The molecule has 7 heteroatoms. The predicted octanol–water partition coefficient (Wildman–Crippen LogP) is 2.77. The van der Waals surface area contributed by atoms with Crippen molar-refractivity contribution in [2.45, 2.75) is 38.5 Å². The smallest absolute Gasteiger partial charge is 0.248 e. The summed E-state index contributed by atoms with van der Waals surface area (Å²) < 4.78 is 32.7. The van der Waals surface area contributed by atoms with Crippen molar-refractivity contribution in [1.29, 1.82) is 0 Å². The van der Waals surface area contributed by atoms with Crippen molar-refractivity contribution in [3.8, 4) is 5.75 Å². The number of carbonyl (C=O) groups is 1. The van der Waals surface area contributed by atoms with Crippen molar-refractivity contribution in [1.82, 2.24) is 4.31 Å². The number of anilines is 1. The average molecular weight is 352 g/mol. The van der Waals surface area contributed by atoms with Gasteiger partial charge in [0.1, 0.15) is 10.6 Å². The van der Waals surface area contributed by atoms with Gasteiger partial charge in [0.15, 0.2) is 0 Å². The van der Waals surface area contributed by atoms with E-state index < -0.39 is 10.0 Å². The quantitative estimate of drug-likeness (QED) is 0.799. The van der Waals surface area contributed by atoms with Crippen LogP contribution in [0.5, 0.6) is 5.75 Å². The number of nitrogens with one attached hydrogen (secondary N) is 1. The van der Waals surface area contributed by atoms with E-state index in [1.165, 1.54) is 16.4 Å². The van der Waals surface area contributed by atoms with Gasteiger partial charge in [0.05, 0.1) is 6.61 Å². The first-order valence-electron chi connectivity index (χ1n) is 8.07. The number of ether oxygens (including phenoxy) is 1. The van der Waals surface area contributed by atoms with Gasteiger partial charge in [-0.2, -0.15) is 4.31 Å². The van der Waals surface area contributed by atoms with Gasteiger partial charge in [-0.25, -0.2) is 8.42 Å². The normalized spacial score (nSPS) is 15.1. The molecule has 0 aliphatic carbocycles. The molecule has 1 amide bonds. The van der Waals surface area contributed by atoms with E-state index in [-0.39, 0.29) is 10.8 Å². The number of amides is 1. The van der Waals surface area contributed by atoms with Crippen molar-refractivity contribution in [3.63, 3.8) is 0 Å². The van der Waals surface area contributed by atoms with Gasteiger partial charge in [0.2, 0.25) is 15.9 Å². The van der Waals surface area contributed by atoms with Gasteiger partial charge < -0.3 is 10.1 Å². The molecule has 6 nitrogen and oxygen atoms in total. The van der Waals surface area contributed by atoms with Crippen LogP contribution in [0.3, 0.4) is 0 Å². The first-order chi connectivity index (χ1) is 11.3. The Kier molecular flexibility index (Phi) is 6.01. The molecule has 1 fully saturated rings. The summed E-state index contributed by atoms with van der Waals surface area (Å²) in [7, 11) is -3.63. The standard InChI is InChI=1S/C17H24N2O4S/c1-4-23-15-8-7-14(18-17(20)11-13(2)3)12-16(15)24(21,22)19-9-5-6-10-19/h7-8,11-12H,4-6,9-10H2,1-3H3,(H,18,20). The summed E-state index contributed by atoms with van der Waals surface area (Å²) in [6, 6.07) is 4.70. The maximum Gasteiger partial charge on any atom is 0.248 e. The molecular weight excluding hydrogens is 328 g/mol. The third-order valence-electron chi connectivity index (χ3n) is 3.61. The molecule has 0 spiro atoms. The minimum absolute atomic E-state index is 0.0984. The maximum absolute atomic E-state index is 12.9. The number of carbonyl (C=O) groups excluding carboxylic acids is 1. The second-order valence-electron chi connectivity index (χ2n) is 5.92. The Morgan fingerprint density at radius 2 is 1.96 bits per heavy atom. The molecule has 1 aliphatic heterocycles. The highest BCUT2D eigenvalue weighted by atomic mass is 32.2. The van der Waals surface area contributed by atoms with Crippen LogP contribution >= 0.6 is 0 Å². The van der Waals surface area contributed by atoms with E-state index in [1.54, 1.807) is 19.1 Å². The molecule has 0 unspecified atom stereocenters. The molecular formula is C17H24N2O4S. The second kappa shape index (κ2) is 7.81. The van der Waals surface area contributed by atoms with Gasteiger partial charge in [0, 0.05) is 24.9 Å². The molecule has 1 N–H and O–H groups in total. The number of nitrogens with zero attached hydrogens (tertiary/aromatic N) is 1. The zero-order valence-electron chi connectivity index (χ0n) is 14.3. The highest BCUT2D eigenvalue weighted by Crippen LogP contribution is 2.31. The fraction of sp³-hybridized carbons (Fsp3) is 0.471. The van der Waals surface area contributed by atoms with Gasteiger partial charge in [-0.3, -0.25) is 4.79 Å². The Balaban J connectivity index is 2.38. The largest absolute Gasteiger partial charge is 0.492 e. The van der Waals surface area contributed by atoms with E-state index in [9.17, 15) is 13.2 Å². The van der Waals surface area contributed by atoms with Gasteiger partial charge in [-0.1, -0.05) is 5.57 Å². The van der Waals surface area contributed by atoms with E-state index in [0.717, 1.165) is 18.4 Å². The van der Waals surface area contributed by atoms with Gasteiger partial charge in [0.25, 0.3) is 0 Å². The second-order valence-corrected chi connectivity index (χ2v) is 7.82. The van der Waals surface area contributed by atoms with Crippen LogP contribution in [0.25, 0.3) is 0 Å². The maximum atomic E-state index is 12.9. The molecule has 0 radical (unpaired) electrons. The molecule has 1 heterocycles. The van der Waals surface area contributed by atoms with Gasteiger partial charge in [-0.15, -0.1) is 0 Å². The summed E-state index contributed by atoms with van der Waals surface area (Å²) in [5.74, 6) is 0.0216. The van der Waals surface area contributed by atoms with Gasteiger partial charge >= 0.3 is 0 Å². The lowest BCUT2D eigenvalue weighted by atomic mass is 10.2. The van der Waals surface area contributed by atoms with E-state index >= 15 is 0 Å². The van der Waals surface area contributed by atoms with Crippen molar-refractivity contribution in [2.75, 3.05) is 25.0 Å². The monoisotopic (exact) mass is 352 g/mol. The average Bonchev–Trinajstić information content (AvgIpc) is 3.03. The summed E-state index contributed by atoms with van der Waals surface area (Å²) in [4.78, 5) is 12.0. The molecule has 2 rings (SSSR count). The SMILES string of the molecule is CCOc1ccc(NC(=O)C=C(C)C)cc1S(=O)(=O)N1CCCC1. The molecule has 1 aliphatic rings. The predicted molar refractivity (Wildman–Crippen MR) is 93.7 cm³/mol. The molecule has 1 saturated heterocycles. The van der Waals surface area contributed by atoms with E-state index in [2.05, 4.69) is 5.32 Å². The minimum Gasteiger partial charge on any atom is -0.492 e. The summed E-state index contributed by atoms with van der Waals surface area (Å²) in [6.07, 6.45) is 3.19. The van der Waals surface area contributed by atoms with Gasteiger partial charge in [-0.05, 0) is 51.8 Å². The summed E-state index contributed by atoms with van der Waals surface area (Å²) in [5, 5.41) is 2.69. The van der Waals surface area contributed by atoms with Crippen LogP contribution in [-0.4, -0.2) is 38.3 Å². The fourth-order valence-corrected chi connectivity index (χ4v) is 4.24. The van der Waals surface area contributed by atoms with E-state index in [1.807, 2.05) is 13.8 Å². The molecule has 0 saturated carbocycles. The van der Waals surface area contributed by atoms with Crippen molar-refractivity contribution >= 4 is 21.6 Å². The van der Waals surface area contributed by atoms with Crippen LogP contribution in [0.2, 0.25) is 0 Å². The first kappa shape index (κ1) is 18.5. The number of hydrogen-bond acceptors (Lipinski definition) is 4. The van der Waals surface area contributed by atoms with Crippen molar-refractivity contribution < 1.29 is 17.9 Å². The summed E-state index contributed by atoms with van der Waals surface area (Å²) in [5.41, 5.74) is 1.29. The lowest BCUT2D eigenvalue weighted by Crippen LogP contribution is -2.28. The Morgan fingerprint density at radius 1 is 1.29 bits per heavy atom. The fourth-order valence-electron chi connectivity index (χ4n) is 2.57. The van der Waals surface area contributed by atoms with Crippen LogP contribution in [0.4, 0.5) is 5.69 Å². The number of benzene rings is 1. The first-order valence-corrected chi connectivity index (χ1v) is 9.51. The third kappa shape index (κ3) is 4.36.